The third-order valence-electron chi connectivity index (χ3n) is 3.25. The lowest BCUT2D eigenvalue weighted by Crippen LogP contribution is -2.44. The van der Waals surface area contributed by atoms with Crippen LogP contribution in [-0.4, -0.2) is 29.9 Å². The van der Waals surface area contributed by atoms with Gasteiger partial charge in [-0.3, -0.25) is 9.69 Å². The van der Waals surface area contributed by atoms with E-state index in [0.29, 0.717) is 0 Å². The fourth-order valence-corrected chi connectivity index (χ4v) is 2.48. The van der Waals surface area contributed by atoms with Gasteiger partial charge in [0, 0.05) is 10.5 Å². The molecule has 0 aliphatic heterocycles. The lowest BCUT2D eigenvalue weighted by atomic mass is 9.96. The molecule has 1 aromatic rings. The van der Waals surface area contributed by atoms with Gasteiger partial charge in [0.2, 0.25) is 5.91 Å². The molecule has 0 saturated carbocycles. The summed E-state index contributed by atoms with van der Waals surface area (Å²) in [5.74, 6) is -0.327. The average Bonchev–Trinajstić information content (AvgIpc) is 2.39. The molecular formula is C14H22BrN3O. The van der Waals surface area contributed by atoms with Crippen LogP contribution in [0.3, 0.4) is 0 Å². The smallest absolute Gasteiger partial charge is 0.231 e. The summed E-state index contributed by atoms with van der Waals surface area (Å²) < 4.78 is 1.03. The second-order valence-electron chi connectivity index (χ2n) is 4.60. The Hall–Kier alpha value is -0.910. The number of benzene rings is 1. The highest BCUT2D eigenvalue weighted by Crippen LogP contribution is 2.26. The van der Waals surface area contributed by atoms with Crippen molar-refractivity contribution in [3.63, 3.8) is 0 Å². The van der Waals surface area contributed by atoms with Crippen molar-refractivity contribution in [2.45, 2.75) is 32.4 Å². The van der Waals surface area contributed by atoms with E-state index >= 15 is 0 Å². The molecule has 2 unspecified atom stereocenters. The fourth-order valence-electron chi connectivity index (χ4n) is 2.22. The third-order valence-corrected chi connectivity index (χ3v) is 3.78. The minimum absolute atomic E-state index is 0.00981. The summed E-state index contributed by atoms with van der Waals surface area (Å²) in [6.07, 6.45) is 0.843. The molecule has 5 heteroatoms. The number of primary amides is 1. The molecule has 0 heterocycles. The number of carbonyl (C=O) groups is 1. The van der Waals surface area contributed by atoms with E-state index in [1.807, 2.05) is 36.1 Å². The molecule has 0 aromatic heterocycles. The van der Waals surface area contributed by atoms with Crippen molar-refractivity contribution >= 4 is 21.8 Å². The summed E-state index contributed by atoms with van der Waals surface area (Å²) in [6.45, 7) is 5.02. The van der Waals surface area contributed by atoms with Gasteiger partial charge in [-0.25, -0.2) is 0 Å². The van der Waals surface area contributed by atoms with Gasteiger partial charge in [0.1, 0.15) is 0 Å². The van der Waals surface area contributed by atoms with E-state index in [4.69, 9.17) is 11.5 Å². The maximum absolute atomic E-state index is 11.2. The van der Waals surface area contributed by atoms with Gasteiger partial charge in [-0.15, -0.1) is 0 Å². The van der Waals surface area contributed by atoms with Crippen LogP contribution >= 0.6 is 15.9 Å². The van der Waals surface area contributed by atoms with Gasteiger partial charge in [0.25, 0.3) is 0 Å². The zero-order chi connectivity index (χ0) is 14.4. The van der Waals surface area contributed by atoms with E-state index in [0.717, 1.165) is 23.0 Å². The van der Waals surface area contributed by atoms with Gasteiger partial charge in [-0.2, -0.15) is 0 Å². The van der Waals surface area contributed by atoms with Crippen LogP contribution in [0.4, 0.5) is 0 Å². The van der Waals surface area contributed by atoms with Gasteiger partial charge >= 0.3 is 0 Å². The average molecular weight is 328 g/mol. The van der Waals surface area contributed by atoms with Crippen molar-refractivity contribution < 1.29 is 4.79 Å². The number of amides is 1. The van der Waals surface area contributed by atoms with Crippen LogP contribution in [0.2, 0.25) is 0 Å². The highest BCUT2D eigenvalue weighted by atomic mass is 79.9. The normalized spacial score (nSPS) is 14.4. The van der Waals surface area contributed by atoms with Crippen LogP contribution in [0, 0.1) is 0 Å². The first kappa shape index (κ1) is 16.1. The number of carbonyl (C=O) groups excluding carboxylic acids is 1. The molecule has 0 aliphatic rings. The quantitative estimate of drug-likeness (QED) is 0.804. The summed E-state index contributed by atoms with van der Waals surface area (Å²) in [4.78, 5) is 13.2. The molecule has 1 amide bonds. The lowest BCUT2D eigenvalue weighted by molar-refractivity contribution is -0.119. The minimum atomic E-state index is -0.327. The van der Waals surface area contributed by atoms with Crippen LogP contribution in [-0.2, 0) is 4.79 Å². The zero-order valence-corrected chi connectivity index (χ0v) is 13.1. The van der Waals surface area contributed by atoms with Crippen molar-refractivity contribution in [3.8, 4) is 0 Å². The molecule has 0 spiro atoms. The molecule has 0 fully saturated rings. The maximum atomic E-state index is 11.2. The Kier molecular flexibility index (Phi) is 6.48. The van der Waals surface area contributed by atoms with E-state index in [2.05, 4.69) is 22.9 Å². The first-order chi connectivity index (χ1) is 8.99. The molecule has 106 valence electrons. The summed E-state index contributed by atoms with van der Waals surface area (Å²) in [7, 11) is 0. The van der Waals surface area contributed by atoms with Crippen molar-refractivity contribution in [1.29, 1.82) is 0 Å². The van der Waals surface area contributed by atoms with Crippen LogP contribution in [0.15, 0.2) is 28.7 Å². The molecule has 0 aliphatic carbocycles. The molecule has 19 heavy (non-hydrogen) atoms. The Morgan fingerprint density at radius 1 is 1.32 bits per heavy atom. The van der Waals surface area contributed by atoms with Crippen molar-refractivity contribution in [3.05, 3.63) is 34.3 Å². The maximum Gasteiger partial charge on any atom is 0.231 e. The molecule has 0 radical (unpaired) electrons. The van der Waals surface area contributed by atoms with Crippen LogP contribution in [0.25, 0.3) is 0 Å². The van der Waals surface area contributed by atoms with Crippen LogP contribution < -0.4 is 11.5 Å². The number of nitrogens with two attached hydrogens (primary N) is 2. The first-order valence-electron chi connectivity index (χ1n) is 6.53. The van der Waals surface area contributed by atoms with Gasteiger partial charge in [-0.1, -0.05) is 41.9 Å². The van der Waals surface area contributed by atoms with Gasteiger partial charge in [0.15, 0.2) is 0 Å². The number of rotatable bonds is 7. The second-order valence-corrected chi connectivity index (χ2v) is 5.51. The number of hydrogen-bond acceptors (Lipinski definition) is 3. The molecule has 1 rings (SSSR count). The fraction of sp³-hybridized carbons (Fsp3) is 0.500. The largest absolute Gasteiger partial charge is 0.369 e. The molecule has 4 N–H and O–H groups in total. The predicted molar refractivity (Wildman–Crippen MR) is 81.6 cm³/mol. The van der Waals surface area contributed by atoms with E-state index in [9.17, 15) is 4.79 Å². The second kappa shape index (κ2) is 7.62. The molecule has 1 aromatic carbocycles. The lowest BCUT2D eigenvalue weighted by Gasteiger charge is -2.34. The molecule has 0 saturated heterocycles. The SMILES string of the molecule is CCC(N)C(c1ccc(Br)cc1)N(CC)CC(N)=O. The molecule has 2 atom stereocenters. The topological polar surface area (TPSA) is 72.3 Å². The van der Waals surface area contributed by atoms with Crippen LogP contribution in [0.5, 0.6) is 0 Å². The Morgan fingerprint density at radius 3 is 2.32 bits per heavy atom. The Morgan fingerprint density at radius 2 is 1.89 bits per heavy atom. The van der Waals surface area contributed by atoms with E-state index in [1.54, 1.807) is 0 Å². The number of hydrogen-bond donors (Lipinski definition) is 2. The summed E-state index contributed by atoms with van der Waals surface area (Å²) in [5.41, 5.74) is 12.7. The standard InChI is InChI=1S/C14H22BrN3O/c1-3-12(16)14(18(4-2)9-13(17)19)10-5-7-11(15)8-6-10/h5-8,12,14H,3-4,9,16H2,1-2H3,(H2,17,19). The predicted octanol–water partition coefficient (Wildman–Crippen LogP) is 2.03. The van der Waals surface area contributed by atoms with E-state index < -0.39 is 0 Å². The van der Waals surface area contributed by atoms with Gasteiger partial charge < -0.3 is 11.5 Å². The number of likely N-dealkylation sites (N-methyl/N-ethyl adjacent to an activating group) is 1. The van der Waals surface area contributed by atoms with Crippen molar-refractivity contribution in [2.24, 2.45) is 11.5 Å². The Labute approximate surface area is 123 Å². The highest BCUT2D eigenvalue weighted by Gasteiger charge is 2.25. The number of halogens is 1. The summed E-state index contributed by atoms with van der Waals surface area (Å²) in [6, 6.07) is 8.03. The van der Waals surface area contributed by atoms with E-state index in [-0.39, 0.29) is 24.5 Å². The number of nitrogens with zero attached hydrogens (tertiary/aromatic N) is 1. The third kappa shape index (κ3) is 4.60. The first-order valence-corrected chi connectivity index (χ1v) is 7.32. The summed E-state index contributed by atoms with van der Waals surface area (Å²) in [5, 5.41) is 0. The molecule has 0 bridgehead atoms. The van der Waals surface area contributed by atoms with Crippen molar-refractivity contribution in [1.82, 2.24) is 4.90 Å². The Balaban J connectivity index is 3.05. The van der Waals surface area contributed by atoms with Crippen LogP contribution in [0.1, 0.15) is 31.9 Å². The Bertz CT molecular complexity index is 408. The summed E-state index contributed by atoms with van der Waals surface area (Å²) >= 11 is 3.42. The minimum Gasteiger partial charge on any atom is -0.369 e. The monoisotopic (exact) mass is 327 g/mol. The van der Waals surface area contributed by atoms with E-state index in [1.165, 1.54) is 0 Å². The van der Waals surface area contributed by atoms with Gasteiger partial charge in [0.05, 0.1) is 12.6 Å². The van der Waals surface area contributed by atoms with Crippen molar-refractivity contribution in [2.75, 3.05) is 13.1 Å². The highest BCUT2D eigenvalue weighted by molar-refractivity contribution is 9.10. The molecular weight excluding hydrogens is 306 g/mol. The molecule has 4 nitrogen and oxygen atoms in total. The zero-order valence-electron chi connectivity index (χ0n) is 11.5. The van der Waals surface area contributed by atoms with Gasteiger partial charge in [-0.05, 0) is 30.7 Å².